The Bertz CT molecular complexity index is 961. The first-order valence-corrected chi connectivity index (χ1v) is 10.6. The summed E-state index contributed by atoms with van der Waals surface area (Å²) in [6.07, 6.45) is 3.35. The van der Waals surface area contributed by atoms with E-state index in [1.165, 1.54) is 11.1 Å². The minimum Gasteiger partial charge on any atom is -0.459 e. The molecule has 3 aromatic rings. The third-order valence-corrected chi connectivity index (χ3v) is 5.98. The van der Waals surface area contributed by atoms with Gasteiger partial charge >= 0.3 is 0 Å². The van der Waals surface area contributed by atoms with Crippen molar-refractivity contribution in [3.05, 3.63) is 81.9 Å². The summed E-state index contributed by atoms with van der Waals surface area (Å²) >= 11 is 1.70. The van der Waals surface area contributed by atoms with Crippen molar-refractivity contribution in [2.45, 2.75) is 38.9 Å². The number of hydrogen-bond acceptors (Lipinski definition) is 4. The quantitative estimate of drug-likeness (QED) is 0.552. The van der Waals surface area contributed by atoms with Crippen LogP contribution in [-0.2, 0) is 17.9 Å². The van der Waals surface area contributed by atoms with E-state index in [1.54, 1.807) is 28.4 Å². The molecule has 0 bridgehead atoms. The smallest absolute Gasteiger partial charge is 0.290 e. The average molecular weight is 409 g/mol. The summed E-state index contributed by atoms with van der Waals surface area (Å²) in [5.74, 6) is 0.0254. The Morgan fingerprint density at radius 3 is 2.45 bits per heavy atom. The minimum atomic E-state index is -0.211. The van der Waals surface area contributed by atoms with E-state index in [1.807, 2.05) is 35.2 Å². The monoisotopic (exact) mass is 408 g/mol. The van der Waals surface area contributed by atoms with Gasteiger partial charge in [-0.15, -0.1) is 11.3 Å². The number of aryl methyl sites for hydroxylation is 1. The Balaban J connectivity index is 1.52. The lowest BCUT2D eigenvalue weighted by molar-refractivity contribution is -0.133. The van der Waals surface area contributed by atoms with E-state index in [2.05, 4.69) is 19.1 Å². The van der Waals surface area contributed by atoms with E-state index < -0.39 is 0 Å². The van der Waals surface area contributed by atoms with Gasteiger partial charge in [-0.2, -0.15) is 0 Å². The van der Waals surface area contributed by atoms with Crippen LogP contribution in [0.1, 0.15) is 38.7 Å². The molecule has 2 aromatic heterocycles. The van der Waals surface area contributed by atoms with Crippen LogP contribution in [0, 0.1) is 6.92 Å². The molecular weight excluding hydrogens is 384 g/mol. The number of carbonyl (C=O) groups is 2. The Kier molecular flexibility index (Phi) is 5.81. The van der Waals surface area contributed by atoms with Crippen molar-refractivity contribution >= 4 is 23.2 Å². The second-order valence-corrected chi connectivity index (χ2v) is 8.76. The molecular formula is C23H24N2O3S. The third kappa shape index (κ3) is 4.95. The second kappa shape index (κ2) is 8.66. The highest BCUT2D eigenvalue weighted by atomic mass is 32.1. The van der Waals surface area contributed by atoms with Gasteiger partial charge in [0.05, 0.1) is 12.8 Å². The van der Waals surface area contributed by atoms with E-state index in [0.29, 0.717) is 13.1 Å². The van der Waals surface area contributed by atoms with Crippen LogP contribution in [0.2, 0.25) is 0 Å². The van der Waals surface area contributed by atoms with Crippen LogP contribution in [0.5, 0.6) is 0 Å². The summed E-state index contributed by atoms with van der Waals surface area (Å²) in [7, 11) is 0. The van der Waals surface area contributed by atoms with Crippen LogP contribution in [0.3, 0.4) is 0 Å². The Morgan fingerprint density at radius 1 is 1.03 bits per heavy atom. The molecule has 0 aliphatic heterocycles. The zero-order valence-electron chi connectivity index (χ0n) is 16.4. The molecule has 1 aliphatic rings. The zero-order valence-corrected chi connectivity index (χ0v) is 17.2. The van der Waals surface area contributed by atoms with E-state index >= 15 is 0 Å². The van der Waals surface area contributed by atoms with E-state index in [4.69, 9.17) is 4.42 Å². The molecule has 1 saturated carbocycles. The molecule has 6 heteroatoms. The molecule has 150 valence electrons. The van der Waals surface area contributed by atoms with Gasteiger partial charge in [0.15, 0.2) is 5.76 Å². The van der Waals surface area contributed by atoms with Crippen LogP contribution >= 0.6 is 11.3 Å². The fourth-order valence-electron chi connectivity index (χ4n) is 3.33. The summed E-state index contributed by atoms with van der Waals surface area (Å²) < 4.78 is 5.28. The highest BCUT2D eigenvalue weighted by Gasteiger charge is 2.36. The maximum absolute atomic E-state index is 13.3. The average Bonchev–Trinajstić information content (AvgIpc) is 3.24. The van der Waals surface area contributed by atoms with Crippen molar-refractivity contribution in [1.82, 2.24) is 9.80 Å². The number of benzene rings is 1. The van der Waals surface area contributed by atoms with Gasteiger partial charge in [-0.3, -0.25) is 9.59 Å². The lowest BCUT2D eigenvalue weighted by Crippen LogP contribution is -2.43. The molecule has 29 heavy (non-hydrogen) atoms. The van der Waals surface area contributed by atoms with Crippen molar-refractivity contribution < 1.29 is 14.0 Å². The highest BCUT2D eigenvalue weighted by molar-refractivity contribution is 7.11. The molecule has 5 nitrogen and oxygen atoms in total. The maximum Gasteiger partial charge on any atom is 0.290 e. The molecule has 0 saturated heterocycles. The highest BCUT2D eigenvalue weighted by Crippen LogP contribution is 2.29. The van der Waals surface area contributed by atoms with Gasteiger partial charge < -0.3 is 14.2 Å². The fourth-order valence-corrected chi connectivity index (χ4v) is 4.24. The molecule has 1 fully saturated rings. The summed E-state index contributed by atoms with van der Waals surface area (Å²) in [5.41, 5.74) is 1.07. The fraction of sp³-hybridized carbons (Fsp3) is 0.304. The lowest BCUT2D eigenvalue weighted by atomic mass is 10.2. The number of thiophene rings is 1. The minimum absolute atomic E-state index is 0.0493. The SMILES string of the molecule is Cc1ccc(CN(Cc2ccccc2)C(=O)CN(C(=O)c2ccco2)C2CC2)s1. The van der Waals surface area contributed by atoms with Crippen molar-refractivity contribution in [2.75, 3.05) is 6.54 Å². The topological polar surface area (TPSA) is 53.8 Å². The summed E-state index contributed by atoms with van der Waals surface area (Å²) in [5, 5.41) is 0. The molecule has 0 spiro atoms. The van der Waals surface area contributed by atoms with Gasteiger partial charge in [-0.25, -0.2) is 0 Å². The summed E-state index contributed by atoms with van der Waals surface area (Å²) in [4.78, 5) is 32.0. The number of carbonyl (C=O) groups excluding carboxylic acids is 2. The molecule has 2 amide bonds. The van der Waals surface area contributed by atoms with Gasteiger partial charge in [-0.05, 0) is 49.6 Å². The molecule has 1 aromatic carbocycles. The molecule has 4 rings (SSSR count). The van der Waals surface area contributed by atoms with Gasteiger partial charge in [0.25, 0.3) is 5.91 Å². The molecule has 1 aliphatic carbocycles. The Hall–Kier alpha value is -2.86. The maximum atomic E-state index is 13.3. The second-order valence-electron chi connectivity index (χ2n) is 7.39. The van der Waals surface area contributed by atoms with E-state index in [-0.39, 0.29) is 30.2 Å². The number of amides is 2. The van der Waals surface area contributed by atoms with Gasteiger partial charge in [-0.1, -0.05) is 30.3 Å². The largest absolute Gasteiger partial charge is 0.459 e. The molecule has 0 unspecified atom stereocenters. The lowest BCUT2D eigenvalue weighted by Gasteiger charge is -2.27. The predicted molar refractivity (Wildman–Crippen MR) is 113 cm³/mol. The normalized spacial score (nSPS) is 13.3. The van der Waals surface area contributed by atoms with E-state index in [9.17, 15) is 9.59 Å². The third-order valence-electron chi connectivity index (χ3n) is 5.00. The number of nitrogens with zero attached hydrogens (tertiary/aromatic N) is 2. The number of rotatable bonds is 8. The van der Waals surface area contributed by atoms with Crippen LogP contribution in [0.4, 0.5) is 0 Å². The van der Waals surface area contributed by atoms with Crippen molar-refractivity contribution in [3.8, 4) is 0 Å². The molecule has 0 atom stereocenters. The Labute approximate surface area is 174 Å². The van der Waals surface area contributed by atoms with Gasteiger partial charge in [0.2, 0.25) is 5.91 Å². The van der Waals surface area contributed by atoms with Crippen LogP contribution < -0.4 is 0 Å². The Morgan fingerprint density at radius 2 is 1.83 bits per heavy atom. The molecule has 2 heterocycles. The first-order valence-electron chi connectivity index (χ1n) is 9.81. The predicted octanol–water partition coefficient (Wildman–Crippen LogP) is 4.48. The van der Waals surface area contributed by atoms with Crippen molar-refractivity contribution in [2.24, 2.45) is 0 Å². The van der Waals surface area contributed by atoms with Crippen molar-refractivity contribution in [3.63, 3.8) is 0 Å². The summed E-state index contributed by atoms with van der Waals surface area (Å²) in [6.45, 7) is 3.19. The van der Waals surface area contributed by atoms with Gasteiger partial charge in [0.1, 0.15) is 6.54 Å². The van der Waals surface area contributed by atoms with Crippen LogP contribution in [-0.4, -0.2) is 34.2 Å². The standard InChI is InChI=1S/C23H24N2O3S/c1-17-9-12-20(29-17)15-24(14-18-6-3-2-4-7-18)22(26)16-25(19-10-11-19)23(27)21-8-5-13-28-21/h2-9,12-13,19H,10-11,14-16H2,1H3. The van der Waals surface area contributed by atoms with Crippen LogP contribution in [0.25, 0.3) is 0 Å². The van der Waals surface area contributed by atoms with Crippen LogP contribution in [0.15, 0.2) is 65.3 Å². The first-order chi connectivity index (χ1) is 14.1. The molecule has 0 N–H and O–H groups in total. The molecule has 0 radical (unpaired) electrons. The number of hydrogen-bond donors (Lipinski definition) is 0. The van der Waals surface area contributed by atoms with E-state index in [0.717, 1.165) is 23.3 Å². The zero-order chi connectivity index (χ0) is 20.2. The first kappa shape index (κ1) is 19.5. The summed E-state index contributed by atoms with van der Waals surface area (Å²) in [6, 6.07) is 17.6. The van der Waals surface area contributed by atoms with Crippen molar-refractivity contribution in [1.29, 1.82) is 0 Å². The number of furan rings is 1. The van der Waals surface area contributed by atoms with Gasteiger partial charge in [0, 0.05) is 22.3 Å².